The van der Waals surface area contributed by atoms with Gasteiger partial charge in [0.2, 0.25) is 0 Å². The Bertz CT molecular complexity index is 242. The van der Waals surface area contributed by atoms with Crippen LogP contribution >= 0.6 is 11.8 Å². The third kappa shape index (κ3) is 2.98. The largest absolute Gasteiger partial charge is 0.465 e. The third-order valence-corrected chi connectivity index (χ3v) is 6.21. The standard InChI is InChI=1S/C10H21NO2SSi/c1-6-13-10(12)9-7-14-8(2)11(9)15(3,4)5/h8-9H,6-7H2,1-5H3. The van der Waals surface area contributed by atoms with Crippen molar-refractivity contribution >= 4 is 26.0 Å². The smallest absolute Gasteiger partial charge is 0.323 e. The van der Waals surface area contributed by atoms with Crippen LogP contribution in [0.5, 0.6) is 0 Å². The summed E-state index contributed by atoms with van der Waals surface area (Å²) in [5, 5.41) is 0.450. The van der Waals surface area contributed by atoms with Gasteiger partial charge in [-0.3, -0.25) is 4.79 Å². The fraction of sp³-hybridized carbons (Fsp3) is 0.900. The van der Waals surface area contributed by atoms with Gasteiger partial charge >= 0.3 is 5.97 Å². The van der Waals surface area contributed by atoms with Crippen LogP contribution in [0.15, 0.2) is 0 Å². The van der Waals surface area contributed by atoms with Crippen molar-refractivity contribution in [2.45, 2.75) is 44.9 Å². The summed E-state index contributed by atoms with van der Waals surface area (Å²) in [7, 11) is -1.43. The van der Waals surface area contributed by atoms with Crippen molar-refractivity contribution in [3.63, 3.8) is 0 Å². The maximum Gasteiger partial charge on any atom is 0.323 e. The first-order valence-corrected chi connectivity index (χ1v) is 9.94. The highest BCUT2D eigenvalue weighted by Crippen LogP contribution is 2.33. The molecule has 0 aromatic rings. The van der Waals surface area contributed by atoms with Crippen molar-refractivity contribution in [3.05, 3.63) is 0 Å². The zero-order valence-corrected chi connectivity index (χ0v) is 12.1. The number of nitrogens with zero attached hydrogens (tertiary/aromatic N) is 1. The Labute approximate surface area is 97.6 Å². The van der Waals surface area contributed by atoms with E-state index in [9.17, 15) is 4.79 Å². The molecule has 1 saturated heterocycles. The fourth-order valence-corrected chi connectivity index (χ4v) is 6.67. The number of hydrogen-bond donors (Lipinski definition) is 0. The minimum absolute atomic E-state index is 0.0170. The van der Waals surface area contributed by atoms with Crippen LogP contribution in [0.1, 0.15) is 13.8 Å². The van der Waals surface area contributed by atoms with Gasteiger partial charge in [0, 0.05) is 11.1 Å². The molecule has 0 N–H and O–H groups in total. The number of carbonyl (C=O) groups excluding carboxylic acids is 1. The molecular formula is C10H21NO2SSi. The molecule has 0 aromatic heterocycles. The molecule has 0 bridgehead atoms. The molecule has 1 heterocycles. The van der Waals surface area contributed by atoms with E-state index in [1.54, 1.807) is 0 Å². The number of carbonyl (C=O) groups is 1. The zero-order chi connectivity index (χ0) is 11.6. The Balaban J connectivity index is 2.76. The van der Waals surface area contributed by atoms with Gasteiger partial charge in [-0.25, -0.2) is 0 Å². The first kappa shape index (κ1) is 13.1. The Morgan fingerprint density at radius 1 is 1.53 bits per heavy atom. The van der Waals surface area contributed by atoms with E-state index < -0.39 is 8.24 Å². The number of thioether (sulfide) groups is 1. The molecule has 0 radical (unpaired) electrons. The maximum absolute atomic E-state index is 11.8. The minimum Gasteiger partial charge on any atom is -0.465 e. The van der Waals surface area contributed by atoms with E-state index in [2.05, 4.69) is 31.1 Å². The van der Waals surface area contributed by atoms with Crippen LogP contribution in [0.2, 0.25) is 19.6 Å². The molecule has 3 nitrogen and oxygen atoms in total. The summed E-state index contributed by atoms with van der Waals surface area (Å²) in [6, 6.07) is -0.0170. The van der Waals surface area contributed by atoms with Crippen molar-refractivity contribution in [1.29, 1.82) is 0 Å². The van der Waals surface area contributed by atoms with Crippen molar-refractivity contribution < 1.29 is 9.53 Å². The van der Waals surface area contributed by atoms with E-state index in [-0.39, 0.29) is 12.0 Å². The van der Waals surface area contributed by atoms with E-state index in [0.29, 0.717) is 12.0 Å². The summed E-state index contributed by atoms with van der Waals surface area (Å²) < 4.78 is 7.51. The second kappa shape index (κ2) is 4.89. The molecule has 1 rings (SSSR count). The summed E-state index contributed by atoms with van der Waals surface area (Å²) in [5.41, 5.74) is 0. The van der Waals surface area contributed by atoms with Gasteiger partial charge in [-0.15, -0.1) is 11.8 Å². The van der Waals surface area contributed by atoms with Crippen LogP contribution in [0.4, 0.5) is 0 Å². The Hall–Kier alpha value is -0.00312. The van der Waals surface area contributed by atoms with E-state index in [1.807, 2.05) is 18.7 Å². The zero-order valence-electron chi connectivity index (χ0n) is 10.2. The minimum atomic E-state index is -1.43. The number of ether oxygens (including phenoxy) is 1. The highest BCUT2D eigenvalue weighted by atomic mass is 32.2. The lowest BCUT2D eigenvalue weighted by Gasteiger charge is -2.36. The molecule has 1 aliphatic heterocycles. The third-order valence-electron chi connectivity index (χ3n) is 2.56. The summed E-state index contributed by atoms with van der Waals surface area (Å²) in [5.74, 6) is 0.835. The Morgan fingerprint density at radius 2 is 2.13 bits per heavy atom. The maximum atomic E-state index is 11.8. The molecule has 1 fully saturated rings. The second-order valence-electron chi connectivity index (χ2n) is 4.78. The lowest BCUT2D eigenvalue weighted by Crippen LogP contribution is -2.55. The van der Waals surface area contributed by atoms with Crippen molar-refractivity contribution in [1.82, 2.24) is 4.57 Å². The van der Waals surface area contributed by atoms with Gasteiger partial charge in [0.25, 0.3) is 0 Å². The molecule has 0 amide bonds. The molecule has 88 valence electrons. The molecular weight excluding hydrogens is 226 g/mol. The molecule has 2 atom stereocenters. The first-order chi connectivity index (χ1) is 6.88. The Kier molecular flexibility index (Phi) is 4.26. The highest BCUT2D eigenvalue weighted by Gasteiger charge is 2.43. The Morgan fingerprint density at radius 3 is 2.60 bits per heavy atom. The second-order valence-corrected chi connectivity index (χ2v) is 11.0. The SMILES string of the molecule is CCOC(=O)C1CSC(C)N1[Si](C)(C)C. The molecule has 15 heavy (non-hydrogen) atoms. The lowest BCUT2D eigenvalue weighted by atomic mass is 10.3. The first-order valence-electron chi connectivity index (χ1n) is 5.44. The molecule has 0 aliphatic carbocycles. The molecule has 0 spiro atoms. The van der Waals surface area contributed by atoms with Gasteiger partial charge in [0.15, 0.2) is 0 Å². The van der Waals surface area contributed by atoms with Crippen LogP contribution in [0, 0.1) is 0 Å². The van der Waals surface area contributed by atoms with Gasteiger partial charge in [-0.05, 0) is 13.8 Å². The number of esters is 1. The van der Waals surface area contributed by atoms with E-state index >= 15 is 0 Å². The van der Waals surface area contributed by atoms with Crippen LogP contribution in [-0.2, 0) is 9.53 Å². The van der Waals surface area contributed by atoms with Gasteiger partial charge in [0.05, 0.1) is 6.61 Å². The van der Waals surface area contributed by atoms with E-state index in [4.69, 9.17) is 4.74 Å². The number of rotatable bonds is 3. The average Bonchev–Trinajstić information content (AvgIpc) is 2.46. The van der Waals surface area contributed by atoms with Crippen molar-refractivity contribution in [2.75, 3.05) is 12.4 Å². The summed E-state index contributed by atoms with van der Waals surface area (Å²) in [6.07, 6.45) is 0. The van der Waals surface area contributed by atoms with Gasteiger partial charge in [0.1, 0.15) is 14.3 Å². The fourth-order valence-electron chi connectivity index (χ4n) is 2.08. The average molecular weight is 247 g/mol. The summed E-state index contributed by atoms with van der Waals surface area (Å²) >= 11 is 1.85. The molecule has 2 unspecified atom stereocenters. The number of hydrogen-bond acceptors (Lipinski definition) is 4. The predicted octanol–water partition coefficient (Wildman–Crippen LogP) is 2.15. The molecule has 1 aliphatic rings. The molecule has 0 saturated carbocycles. The van der Waals surface area contributed by atoms with Crippen LogP contribution in [0.25, 0.3) is 0 Å². The normalized spacial score (nSPS) is 28.1. The molecule has 5 heteroatoms. The monoisotopic (exact) mass is 247 g/mol. The predicted molar refractivity (Wildman–Crippen MR) is 67.5 cm³/mol. The van der Waals surface area contributed by atoms with Crippen molar-refractivity contribution in [2.24, 2.45) is 0 Å². The van der Waals surface area contributed by atoms with Gasteiger partial charge in [-0.1, -0.05) is 19.6 Å². The quantitative estimate of drug-likeness (QED) is 0.564. The van der Waals surface area contributed by atoms with Crippen molar-refractivity contribution in [3.8, 4) is 0 Å². The molecule has 0 aromatic carbocycles. The topological polar surface area (TPSA) is 29.5 Å². The van der Waals surface area contributed by atoms with Crippen LogP contribution in [-0.4, -0.2) is 42.5 Å². The van der Waals surface area contributed by atoms with Crippen LogP contribution in [0.3, 0.4) is 0 Å². The van der Waals surface area contributed by atoms with E-state index in [0.717, 1.165) is 5.75 Å². The van der Waals surface area contributed by atoms with E-state index in [1.165, 1.54) is 0 Å². The highest BCUT2D eigenvalue weighted by molar-refractivity contribution is 8.00. The van der Waals surface area contributed by atoms with Gasteiger partial charge in [-0.2, -0.15) is 0 Å². The summed E-state index contributed by atoms with van der Waals surface area (Å²) in [4.78, 5) is 11.8. The van der Waals surface area contributed by atoms with Crippen LogP contribution < -0.4 is 0 Å². The lowest BCUT2D eigenvalue weighted by molar-refractivity contribution is -0.146. The van der Waals surface area contributed by atoms with Gasteiger partial charge < -0.3 is 9.30 Å². The summed E-state index contributed by atoms with van der Waals surface area (Å²) in [6.45, 7) is 11.4.